The fourth-order valence-electron chi connectivity index (χ4n) is 2.99. The summed E-state index contributed by atoms with van der Waals surface area (Å²) in [6, 6.07) is 22.0. The minimum Gasteiger partial charge on any atom is -0.496 e. The Bertz CT molecular complexity index is 1090. The number of aryl methyl sites for hydroxylation is 1. The van der Waals surface area contributed by atoms with Crippen LogP contribution in [-0.4, -0.2) is 19.0 Å². The molecule has 0 saturated carbocycles. The Labute approximate surface area is 181 Å². The van der Waals surface area contributed by atoms with E-state index in [-0.39, 0.29) is 11.9 Å². The van der Waals surface area contributed by atoms with Crippen LogP contribution in [0.2, 0.25) is 0 Å². The maximum atomic E-state index is 12.2. The molecule has 0 radical (unpaired) electrons. The van der Waals surface area contributed by atoms with Crippen LogP contribution in [0.1, 0.15) is 16.7 Å². The molecule has 6 nitrogen and oxygen atoms in total. The van der Waals surface area contributed by atoms with Gasteiger partial charge in [0.2, 0.25) is 5.91 Å². The van der Waals surface area contributed by atoms with Crippen LogP contribution in [0, 0.1) is 6.92 Å². The fraction of sp³-hybridized carbons (Fsp3) is 0.120. The lowest BCUT2D eigenvalue weighted by Gasteiger charge is -2.10. The minimum atomic E-state index is -0.327. The van der Waals surface area contributed by atoms with Gasteiger partial charge in [-0.2, -0.15) is 0 Å². The minimum absolute atomic E-state index is 0.221. The number of hydrogen-bond donors (Lipinski definition) is 3. The smallest absolute Gasteiger partial charge is 0.323 e. The molecule has 6 heteroatoms. The van der Waals surface area contributed by atoms with Gasteiger partial charge in [0.1, 0.15) is 5.75 Å². The van der Waals surface area contributed by atoms with Gasteiger partial charge in [-0.05, 0) is 54.5 Å². The van der Waals surface area contributed by atoms with Gasteiger partial charge >= 0.3 is 6.03 Å². The predicted molar refractivity (Wildman–Crippen MR) is 124 cm³/mol. The van der Waals surface area contributed by atoms with Crippen molar-refractivity contribution in [1.82, 2.24) is 5.32 Å². The van der Waals surface area contributed by atoms with Crippen molar-refractivity contribution in [3.8, 4) is 5.75 Å². The second-order valence-corrected chi connectivity index (χ2v) is 6.94. The summed E-state index contributed by atoms with van der Waals surface area (Å²) in [4.78, 5) is 24.4. The molecule has 0 aliphatic carbocycles. The topological polar surface area (TPSA) is 79.5 Å². The van der Waals surface area contributed by atoms with Gasteiger partial charge in [-0.3, -0.25) is 4.79 Å². The lowest BCUT2D eigenvalue weighted by Crippen LogP contribution is -2.21. The molecular weight excluding hydrogens is 390 g/mol. The fourth-order valence-corrected chi connectivity index (χ4v) is 2.99. The van der Waals surface area contributed by atoms with Crippen molar-refractivity contribution in [2.24, 2.45) is 0 Å². The average Bonchev–Trinajstić information content (AvgIpc) is 2.76. The van der Waals surface area contributed by atoms with Crippen LogP contribution in [0.25, 0.3) is 6.08 Å². The van der Waals surface area contributed by atoms with Gasteiger partial charge < -0.3 is 20.7 Å². The summed E-state index contributed by atoms with van der Waals surface area (Å²) in [7, 11) is 1.59. The van der Waals surface area contributed by atoms with Crippen molar-refractivity contribution in [1.29, 1.82) is 0 Å². The molecule has 31 heavy (non-hydrogen) atoms. The van der Waals surface area contributed by atoms with Gasteiger partial charge in [-0.1, -0.05) is 42.5 Å². The maximum absolute atomic E-state index is 12.2. The largest absolute Gasteiger partial charge is 0.496 e. The molecule has 0 aliphatic rings. The number of carbonyl (C=O) groups is 2. The first kappa shape index (κ1) is 21.6. The van der Waals surface area contributed by atoms with Gasteiger partial charge in [-0.25, -0.2) is 4.79 Å². The first-order valence-electron chi connectivity index (χ1n) is 9.86. The Kier molecular flexibility index (Phi) is 7.43. The molecule has 3 rings (SSSR count). The van der Waals surface area contributed by atoms with Crippen molar-refractivity contribution < 1.29 is 14.3 Å². The molecule has 3 aromatic rings. The molecule has 3 aromatic carbocycles. The molecule has 0 fully saturated rings. The molecule has 0 atom stereocenters. The zero-order valence-electron chi connectivity index (χ0n) is 17.5. The molecule has 158 valence electrons. The van der Waals surface area contributed by atoms with Crippen LogP contribution in [0.15, 0.2) is 78.9 Å². The molecular formula is C25H25N3O3. The molecule has 0 unspecified atom stereocenters. The van der Waals surface area contributed by atoms with Crippen LogP contribution in [0.3, 0.4) is 0 Å². The SMILES string of the molecule is COc1ccccc1/C=C/C(=O)NCc1cccc(NC(=O)Nc2cccc(C)c2)c1. The summed E-state index contributed by atoms with van der Waals surface area (Å²) in [6.45, 7) is 2.30. The molecule has 0 saturated heterocycles. The highest BCUT2D eigenvalue weighted by Gasteiger charge is 2.05. The van der Waals surface area contributed by atoms with Gasteiger partial charge in [-0.15, -0.1) is 0 Å². The summed E-state index contributed by atoms with van der Waals surface area (Å²) >= 11 is 0. The lowest BCUT2D eigenvalue weighted by molar-refractivity contribution is -0.116. The van der Waals surface area contributed by atoms with Crippen LogP contribution >= 0.6 is 0 Å². The summed E-state index contributed by atoms with van der Waals surface area (Å²) in [5, 5.41) is 8.45. The number of benzene rings is 3. The number of nitrogens with one attached hydrogen (secondary N) is 3. The van der Waals surface area contributed by atoms with Crippen molar-refractivity contribution in [3.05, 3.63) is 95.6 Å². The van der Waals surface area contributed by atoms with Crippen molar-refractivity contribution in [2.45, 2.75) is 13.5 Å². The zero-order valence-corrected chi connectivity index (χ0v) is 17.5. The van der Waals surface area contributed by atoms with Crippen LogP contribution in [0.4, 0.5) is 16.2 Å². The maximum Gasteiger partial charge on any atom is 0.323 e. The number of ether oxygens (including phenoxy) is 1. The third kappa shape index (κ3) is 6.75. The van der Waals surface area contributed by atoms with Gasteiger partial charge in [0.15, 0.2) is 0 Å². The highest BCUT2D eigenvalue weighted by Crippen LogP contribution is 2.18. The number of anilines is 2. The van der Waals surface area contributed by atoms with E-state index in [9.17, 15) is 9.59 Å². The van der Waals surface area contributed by atoms with Gasteiger partial charge in [0.25, 0.3) is 0 Å². The Hall–Kier alpha value is -4.06. The Balaban J connectivity index is 1.53. The number of carbonyl (C=O) groups excluding carboxylic acids is 2. The summed E-state index contributed by atoms with van der Waals surface area (Å²) in [6.07, 6.45) is 3.18. The Morgan fingerprint density at radius 3 is 2.35 bits per heavy atom. The second-order valence-electron chi connectivity index (χ2n) is 6.94. The predicted octanol–water partition coefficient (Wildman–Crippen LogP) is 4.98. The van der Waals surface area contributed by atoms with Crippen LogP contribution in [0.5, 0.6) is 5.75 Å². The second kappa shape index (κ2) is 10.6. The van der Waals surface area contributed by atoms with E-state index < -0.39 is 0 Å². The third-order valence-corrected chi connectivity index (χ3v) is 4.48. The first-order valence-corrected chi connectivity index (χ1v) is 9.86. The van der Waals surface area contributed by atoms with Gasteiger partial charge in [0, 0.05) is 29.6 Å². The van der Waals surface area contributed by atoms with E-state index in [1.54, 1.807) is 19.3 Å². The first-order chi connectivity index (χ1) is 15.0. The number of hydrogen-bond acceptors (Lipinski definition) is 3. The average molecular weight is 415 g/mol. The van der Waals surface area contributed by atoms with E-state index in [1.807, 2.05) is 73.7 Å². The van der Waals surface area contributed by atoms with E-state index in [1.165, 1.54) is 6.08 Å². The lowest BCUT2D eigenvalue weighted by atomic mass is 10.2. The zero-order chi connectivity index (χ0) is 22.1. The number of urea groups is 1. The molecule has 0 aliphatic heterocycles. The van der Waals surface area contributed by atoms with Crippen LogP contribution < -0.4 is 20.7 Å². The Morgan fingerprint density at radius 1 is 0.903 bits per heavy atom. The van der Waals surface area contributed by atoms with Crippen molar-refractivity contribution in [2.75, 3.05) is 17.7 Å². The normalized spacial score (nSPS) is 10.5. The third-order valence-electron chi connectivity index (χ3n) is 4.48. The summed E-state index contributed by atoms with van der Waals surface area (Å²) in [5.41, 5.74) is 4.12. The summed E-state index contributed by atoms with van der Waals surface area (Å²) in [5.74, 6) is 0.482. The van der Waals surface area contributed by atoms with Gasteiger partial charge in [0.05, 0.1) is 7.11 Å². The van der Waals surface area contributed by atoms with E-state index in [0.29, 0.717) is 18.0 Å². The molecule has 0 bridgehead atoms. The van der Waals surface area contributed by atoms with Crippen molar-refractivity contribution in [3.63, 3.8) is 0 Å². The monoisotopic (exact) mass is 415 g/mol. The number of para-hydroxylation sites is 1. The molecule has 0 aromatic heterocycles. The number of amides is 3. The molecule has 3 N–H and O–H groups in total. The van der Waals surface area contributed by atoms with Crippen LogP contribution in [-0.2, 0) is 11.3 Å². The van der Waals surface area contributed by atoms with E-state index in [4.69, 9.17) is 4.74 Å². The molecule has 0 heterocycles. The number of rotatable bonds is 7. The molecule has 0 spiro atoms. The quantitative estimate of drug-likeness (QED) is 0.476. The summed E-state index contributed by atoms with van der Waals surface area (Å²) < 4.78 is 5.27. The van der Waals surface area contributed by atoms with E-state index in [0.717, 1.165) is 22.4 Å². The number of methoxy groups -OCH3 is 1. The van der Waals surface area contributed by atoms with E-state index >= 15 is 0 Å². The Morgan fingerprint density at radius 2 is 1.61 bits per heavy atom. The standard InChI is InChI=1S/C25H25N3O3/c1-18-7-5-10-21(15-18)27-25(30)28-22-11-6-8-19(16-22)17-26-24(29)14-13-20-9-3-4-12-23(20)31-2/h3-16H,17H2,1-2H3,(H,26,29)(H2,27,28,30)/b14-13+. The van der Waals surface area contributed by atoms with E-state index in [2.05, 4.69) is 16.0 Å². The highest BCUT2D eigenvalue weighted by molar-refractivity contribution is 5.99. The van der Waals surface area contributed by atoms with Crippen molar-refractivity contribution >= 4 is 29.4 Å². The molecule has 3 amide bonds. The highest BCUT2D eigenvalue weighted by atomic mass is 16.5.